The molecule has 0 radical (unpaired) electrons. The minimum Gasteiger partial charge on any atom is -0.495 e. The van der Waals surface area contributed by atoms with E-state index in [-0.39, 0.29) is 4.90 Å². The van der Waals surface area contributed by atoms with E-state index in [9.17, 15) is 8.42 Å². The van der Waals surface area contributed by atoms with Gasteiger partial charge < -0.3 is 4.74 Å². The number of sulfonamides is 1. The SMILES string of the molecule is COc1ccccc1S(=O)(=O)Nc1cccc(-c2cn3ccsc3n2)c1. The number of thiazole rings is 1. The fraction of sp³-hybridized carbons (Fsp3) is 0.0556. The maximum absolute atomic E-state index is 12.7. The number of nitrogens with one attached hydrogen (secondary N) is 1. The molecule has 1 N–H and O–H groups in total. The normalized spacial score (nSPS) is 11.6. The molecule has 4 aromatic rings. The van der Waals surface area contributed by atoms with Gasteiger partial charge in [0.05, 0.1) is 12.8 Å². The van der Waals surface area contributed by atoms with E-state index >= 15 is 0 Å². The summed E-state index contributed by atoms with van der Waals surface area (Å²) in [6, 6.07) is 13.7. The molecule has 0 atom stereocenters. The van der Waals surface area contributed by atoms with Gasteiger partial charge in [0.1, 0.15) is 10.6 Å². The molecule has 132 valence electrons. The van der Waals surface area contributed by atoms with Crippen molar-refractivity contribution in [2.75, 3.05) is 11.8 Å². The second-order valence-electron chi connectivity index (χ2n) is 5.56. The first-order valence-electron chi connectivity index (χ1n) is 7.75. The summed E-state index contributed by atoms with van der Waals surface area (Å²) in [6.07, 6.45) is 3.85. The van der Waals surface area contributed by atoms with Crippen molar-refractivity contribution in [3.8, 4) is 17.0 Å². The van der Waals surface area contributed by atoms with Crippen LogP contribution in [-0.4, -0.2) is 24.9 Å². The average molecular weight is 385 g/mol. The first-order chi connectivity index (χ1) is 12.6. The van der Waals surface area contributed by atoms with Crippen LogP contribution in [0.5, 0.6) is 5.75 Å². The summed E-state index contributed by atoms with van der Waals surface area (Å²) >= 11 is 1.54. The van der Waals surface area contributed by atoms with E-state index < -0.39 is 10.0 Å². The number of methoxy groups -OCH3 is 1. The van der Waals surface area contributed by atoms with Gasteiger partial charge in [-0.1, -0.05) is 24.3 Å². The Morgan fingerprint density at radius 1 is 1.15 bits per heavy atom. The monoisotopic (exact) mass is 385 g/mol. The molecular formula is C18H15N3O3S2. The van der Waals surface area contributed by atoms with E-state index in [0.29, 0.717) is 11.4 Å². The molecule has 2 aromatic carbocycles. The van der Waals surface area contributed by atoms with E-state index in [0.717, 1.165) is 16.2 Å². The summed E-state index contributed by atoms with van der Waals surface area (Å²) < 4.78 is 35.1. The van der Waals surface area contributed by atoms with Crippen LogP contribution in [0.1, 0.15) is 0 Å². The molecule has 4 rings (SSSR count). The minimum absolute atomic E-state index is 0.0930. The van der Waals surface area contributed by atoms with Gasteiger partial charge in [0, 0.05) is 29.0 Å². The molecule has 26 heavy (non-hydrogen) atoms. The van der Waals surface area contributed by atoms with Crippen molar-refractivity contribution in [2.45, 2.75) is 4.90 Å². The number of imidazole rings is 1. The van der Waals surface area contributed by atoms with Gasteiger partial charge in [-0.05, 0) is 24.3 Å². The van der Waals surface area contributed by atoms with Crippen LogP contribution in [0.2, 0.25) is 0 Å². The van der Waals surface area contributed by atoms with Crippen molar-refractivity contribution >= 4 is 32.0 Å². The van der Waals surface area contributed by atoms with Crippen LogP contribution >= 0.6 is 11.3 Å². The molecule has 0 saturated heterocycles. The predicted molar refractivity (Wildman–Crippen MR) is 102 cm³/mol. The third-order valence-electron chi connectivity index (χ3n) is 3.86. The van der Waals surface area contributed by atoms with Crippen LogP contribution in [0, 0.1) is 0 Å². The standard InChI is InChI=1S/C18H15N3O3S2/c1-24-16-7-2-3-8-17(16)26(22,23)20-14-6-4-5-13(11-14)15-12-21-9-10-25-18(21)19-15/h2-12,20H,1H3. The molecule has 0 saturated carbocycles. The van der Waals surface area contributed by atoms with Crippen molar-refractivity contribution in [3.63, 3.8) is 0 Å². The summed E-state index contributed by atoms with van der Waals surface area (Å²) in [5.74, 6) is 0.297. The third kappa shape index (κ3) is 3.04. The molecule has 0 aliphatic heterocycles. The van der Waals surface area contributed by atoms with Gasteiger partial charge in [-0.3, -0.25) is 9.12 Å². The molecule has 8 heteroatoms. The highest BCUT2D eigenvalue weighted by Crippen LogP contribution is 2.28. The first-order valence-corrected chi connectivity index (χ1v) is 10.1. The van der Waals surface area contributed by atoms with Crippen molar-refractivity contribution in [3.05, 3.63) is 66.3 Å². The number of hydrogen-bond acceptors (Lipinski definition) is 5. The van der Waals surface area contributed by atoms with Gasteiger partial charge >= 0.3 is 0 Å². The fourth-order valence-corrected chi connectivity index (χ4v) is 4.58. The molecule has 0 aliphatic rings. The molecule has 0 unspecified atom stereocenters. The zero-order valence-corrected chi connectivity index (χ0v) is 15.4. The maximum Gasteiger partial charge on any atom is 0.265 e. The molecule has 2 heterocycles. The number of rotatable bonds is 5. The van der Waals surface area contributed by atoms with Gasteiger partial charge in [0.15, 0.2) is 4.96 Å². The van der Waals surface area contributed by atoms with Crippen molar-refractivity contribution in [1.82, 2.24) is 9.38 Å². The second kappa shape index (κ2) is 6.47. The average Bonchev–Trinajstić information content (AvgIpc) is 3.23. The van der Waals surface area contributed by atoms with Crippen LogP contribution in [0.3, 0.4) is 0 Å². The van der Waals surface area contributed by atoms with Crippen molar-refractivity contribution < 1.29 is 13.2 Å². The fourth-order valence-electron chi connectivity index (χ4n) is 2.66. The molecule has 2 aromatic heterocycles. The highest BCUT2D eigenvalue weighted by atomic mass is 32.2. The largest absolute Gasteiger partial charge is 0.495 e. The van der Waals surface area contributed by atoms with E-state index in [1.165, 1.54) is 13.2 Å². The molecular weight excluding hydrogens is 370 g/mol. The molecule has 0 bridgehead atoms. The Balaban J connectivity index is 1.67. The number of fused-ring (bicyclic) bond motifs is 1. The van der Waals surface area contributed by atoms with Gasteiger partial charge in [-0.15, -0.1) is 11.3 Å². The Hall–Kier alpha value is -2.84. The Labute approximate surface area is 154 Å². The van der Waals surface area contributed by atoms with E-state index in [2.05, 4.69) is 9.71 Å². The van der Waals surface area contributed by atoms with Crippen molar-refractivity contribution in [1.29, 1.82) is 0 Å². The summed E-state index contributed by atoms with van der Waals surface area (Å²) in [6.45, 7) is 0. The van der Waals surface area contributed by atoms with Gasteiger partial charge in [-0.25, -0.2) is 13.4 Å². The van der Waals surface area contributed by atoms with Gasteiger partial charge in [-0.2, -0.15) is 0 Å². The summed E-state index contributed by atoms with van der Waals surface area (Å²) in [5.41, 5.74) is 2.08. The summed E-state index contributed by atoms with van der Waals surface area (Å²) in [5, 5.41) is 1.96. The lowest BCUT2D eigenvalue weighted by molar-refractivity contribution is 0.403. The Kier molecular flexibility index (Phi) is 4.14. The lowest BCUT2D eigenvalue weighted by atomic mass is 10.1. The topological polar surface area (TPSA) is 72.7 Å². The lowest BCUT2D eigenvalue weighted by Gasteiger charge is -2.12. The maximum atomic E-state index is 12.7. The van der Waals surface area contributed by atoms with E-state index in [1.54, 1.807) is 47.7 Å². The smallest absolute Gasteiger partial charge is 0.265 e. The van der Waals surface area contributed by atoms with E-state index in [4.69, 9.17) is 4.74 Å². The lowest BCUT2D eigenvalue weighted by Crippen LogP contribution is -2.14. The first kappa shape index (κ1) is 16.6. The Bertz CT molecular complexity index is 1150. The van der Waals surface area contributed by atoms with Gasteiger partial charge in [0.2, 0.25) is 0 Å². The highest BCUT2D eigenvalue weighted by molar-refractivity contribution is 7.92. The van der Waals surface area contributed by atoms with Gasteiger partial charge in [0.25, 0.3) is 10.0 Å². The number of ether oxygens (including phenoxy) is 1. The van der Waals surface area contributed by atoms with Crippen LogP contribution < -0.4 is 9.46 Å². The number of benzene rings is 2. The third-order valence-corrected chi connectivity index (χ3v) is 6.05. The molecule has 6 nitrogen and oxygen atoms in total. The summed E-state index contributed by atoms with van der Waals surface area (Å²) in [4.78, 5) is 5.53. The van der Waals surface area contributed by atoms with Crippen LogP contribution in [0.25, 0.3) is 16.2 Å². The number of para-hydroxylation sites is 1. The quantitative estimate of drug-likeness (QED) is 0.566. The Morgan fingerprint density at radius 2 is 2.00 bits per heavy atom. The number of hydrogen-bond donors (Lipinski definition) is 1. The summed E-state index contributed by atoms with van der Waals surface area (Å²) in [7, 11) is -2.32. The Morgan fingerprint density at radius 3 is 2.81 bits per heavy atom. The minimum atomic E-state index is -3.77. The zero-order chi connectivity index (χ0) is 18.1. The number of aromatic nitrogens is 2. The molecule has 0 fully saturated rings. The van der Waals surface area contributed by atoms with Crippen LogP contribution in [-0.2, 0) is 10.0 Å². The molecule has 0 aliphatic carbocycles. The molecule has 0 spiro atoms. The number of anilines is 1. The number of nitrogens with zero attached hydrogens (tertiary/aromatic N) is 2. The molecule has 0 amide bonds. The van der Waals surface area contributed by atoms with E-state index in [1.807, 2.05) is 28.2 Å². The highest BCUT2D eigenvalue weighted by Gasteiger charge is 2.19. The predicted octanol–water partition coefficient (Wildman–Crippen LogP) is 3.87. The second-order valence-corrected chi connectivity index (χ2v) is 8.08. The zero-order valence-electron chi connectivity index (χ0n) is 13.8. The van der Waals surface area contributed by atoms with Crippen LogP contribution in [0.15, 0.2) is 71.2 Å². The van der Waals surface area contributed by atoms with Crippen molar-refractivity contribution in [2.24, 2.45) is 0 Å². The van der Waals surface area contributed by atoms with Crippen LogP contribution in [0.4, 0.5) is 5.69 Å².